The Hall–Kier alpha value is -1.55. The topological polar surface area (TPSA) is 64.1 Å². The largest absolute Gasteiger partial charge is 0.397 e. The van der Waals surface area contributed by atoms with Gasteiger partial charge in [-0.25, -0.2) is 0 Å². The summed E-state index contributed by atoms with van der Waals surface area (Å²) in [4.78, 5) is 0. The van der Waals surface area contributed by atoms with E-state index in [1.54, 1.807) is 11.8 Å². The van der Waals surface area contributed by atoms with Crippen LogP contribution in [-0.2, 0) is 12.8 Å². The van der Waals surface area contributed by atoms with Crippen LogP contribution in [-0.4, -0.2) is 12.8 Å². The maximum atomic E-state index is 5.99. The third kappa shape index (κ3) is 3.07. The average molecular weight is 275 g/mol. The van der Waals surface area contributed by atoms with E-state index in [4.69, 9.17) is 11.5 Å². The summed E-state index contributed by atoms with van der Waals surface area (Å²) in [5.74, 6) is 0. The number of nitrogens with one attached hydrogen (secondary N) is 1. The molecule has 1 aromatic rings. The Labute approximate surface area is 119 Å². The molecular weight excluding hydrogens is 254 g/mol. The zero-order valence-corrected chi connectivity index (χ0v) is 12.3. The van der Waals surface area contributed by atoms with Crippen LogP contribution in [0.4, 0.5) is 11.4 Å². The van der Waals surface area contributed by atoms with Crippen LogP contribution < -0.4 is 16.8 Å². The quantitative estimate of drug-likeness (QED) is 0.739. The van der Waals surface area contributed by atoms with Crippen molar-refractivity contribution in [2.75, 3.05) is 24.3 Å². The van der Waals surface area contributed by atoms with Crippen LogP contribution in [0.2, 0.25) is 0 Å². The van der Waals surface area contributed by atoms with Crippen molar-refractivity contribution in [3.63, 3.8) is 0 Å². The zero-order chi connectivity index (χ0) is 13.8. The second-order valence-electron chi connectivity index (χ2n) is 4.63. The molecule has 0 aliphatic carbocycles. The van der Waals surface area contributed by atoms with E-state index < -0.39 is 0 Å². The molecule has 19 heavy (non-hydrogen) atoms. The molecule has 0 aromatic heterocycles. The number of hydrogen-bond acceptors (Lipinski definition) is 4. The summed E-state index contributed by atoms with van der Waals surface area (Å²) in [5, 5.41) is 4.64. The third-order valence-electron chi connectivity index (χ3n) is 3.33. The molecule has 1 aliphatic rings. The third-order valence-corrected chi connectivity index (χ3v) is 4.14. The van der Waals surface area contributed by atoms with E-state index in [1.807, 2.05) is 6.07 Å². The van der Waals surface area contributed by atoms with Gasteiger partial charge in [-0.3, -0.25) is 0 Å². The van der Waals surface area contributed by atoms with Gasteiger partial charge in [0.2, 0.25) is 0 Å². The molecule has 0 bridgehead atoms. The minimum atomic E-state index is 0.688. The summed E-state index contributed by atoms with van der Waals surface area (Å²) >= 11 is 1.75. The molecule has 0 unspecified atom stereocenters. The van der Waals surface area contributed by atoms with E-state index in [1.165, 1.54) is 16.2 Å². The molecule has 2 rings (SSSR count). The number of nitrogens with two attached hydrogens (primary N) is 2. The molecule has 0 saturated carbocycles. The summed E-state index contributed by atoms with van der Waals surface area (Å²) in [6.07, 6.45) is 8.23. The van der Waals surface area contributed by atoms with Gasteiger partial charge in [0.25, 0.3) is 0 Å². The van der Waals surface area contributed by atoms with Crippen molar-refractivity contribution in [2.24, 2.45) is 0 Å². The van der Waals surface area contributed by atoms with Gasteiger partial charge in [-0.2, -0.15) is 0 Å². The molecule has 0 spiro atoms. The fraction of sp³-hybridized carbons (Fsp3) is 0.333. The SMILES string of the molecule is CCc1cc(CC2=C(SC)NCC=C2)cc(N)c1N. The number of thioether (sulfide) groups is 1. The monoisotopic (exact) mass is 275 g/mol. The number of allylic oxidation sites excluding steroid dienone is 2. The van der Waals surface area contributed by atoms with Gasteiger partial charge in [-0.05, 0) is 35.4 Å². The summed E-state index contributed by atoms with van der Waals surface area (Å²) in [6, 6.07) is 4.15. The van der Waals surface area contributed by atoms with Crippen LogP contribution in [0.1, 0.15) is 18.1 Å². The first-order valence-electron chi connectivity index (χ1n) is 6.50. The van der Waals surface area contributed by atoms with Crippen LogP contribution in [0.15, 0.2) is 34.9 Å². The fourth-order valence-electron chi connectivity index (χ4n) is 2.31. The molecule has 1 aliphatic heterocycles. The second kappa shape index (κ2) is 6.06. The van der Waals surface area contributed by atoms with Crippen molar-refractivity contribution in [1.82, 2.24) is 5.32 Å². The molecule has 0 saturated heterocycles. The van der Waals surface area contributed by atoms with Gasteiger partial charge in [0.05, 0.1) is 16.4 Å². The predicted molar refractivity (Wildman–Crippen MR) is 86.0 cm³/mol. The van der Waals surface area contributed by atoms with Gasteiger partial charge >= 0.3 is 0 Å². The predicted octanol–water partition coefficient (Wildman–Crippen LogP) is 2.69. The molecule has 1 heterocycles. The van der Waals surface area contributed by atoms with Crippen LogP contribution in [0.3, 0.4) is 0 Å². The molecule has 102 valence electrons. The van der Waals surface area contributed by atoms with E-state index in [0.29, 0.717) is 5.69 Å². The summed E-state index contributed by atoms with van der Waals surface area (Å²) in [5.41, 5.74) is 17.0. The standard InChI is InChI=1S/C15H21N3S/c1-3-11-7-10(9-13(16)14(11)17)8-12-5-4-6-18-15(12)19-2/h4-5,7,9,18H,3,6,8,16-17H2,1-2H3. The smallest absolute Gasteiger partial charge is 0.0717 e. The summed E-state index contributed by atoms with van der Waals surface area (Å²) < 4.78 is 0. The number of nitrogen functional groups attached to an aromatic ring is 2. The number of aryl methyl sites for hydroxylation is 1. The lowest BCUT2D eigenvalue weighted by molar-refractivity contribution is 0.920. The van der Waals surface area contributed by atoms with Gasteiger partial charge in [0.1, 0.15) is 0 Å². The Morgan fingerprint density at radius 1 is 1.32 bits per heavy atom. The van der Waals surface area contributed by atoms with Crippen molar-refractivity contribution in [3.05, 3.63) is 46.0 Å². The average Bonchev–Trinajstić information content (AvgIpc) is 2.43. The molecule has 0 amide bonds. The van der Waals surface area contributed by atoms with E-state index in [0.717, 1.165) is 30.6 Å². The molecule has 5 N–H and O–H groups in total. The van der Waals surface area contributed by atoms with Gasteiger partial charge in [0, 0.05) is 13.0 Å². The van der Waals surface area contributed by atoms with Gasteiger partial charge in [-0.15, -0.1) is 11.8 Å². The molecule has 0 atom stereocenters. The second-order valence-corrected chi connectivity index (χ2v) is 5.45. The number of anilines is 2. The maximum Gasteiger partial charge on any atom is 0.0717 e. The lowest BCUT2D eigenvalue weighted by Gasteiger charge is -2.17. The highest BCUT2D eigenvalue weighted by Gasteiger charge is 2.10. The van der Waals surface area contributed by atoms with E-state index >= 15 is 0 Å². The number of benzene rings is 1. The van der Waals surface area contributed by atoms with E-state index in [-0.39, 0.29) is 0 Å². The molecule has 1 aromatic carbocycles. The van der Waals surface area contributed by atoms with Crippen LogP contribution in [0, 0.1) is 0 Å². The van der Waals surface area contributed by atoms with E-state index in [9.17, 15) is 0 Å². The number of dihydropyridines is 1. The van der Waals surface area contributed by atoms with Crippen molar-refractivity contribution >= 4 is 23.1 Å². The van der Waals surface area contributed by atoms with Gasteiger partial charge in [0.15, 0.2) is 0 Å². The molecule has 0 fully saturated rings. The first kappa shape index (κ1) is 13.9. The highest BCUT2D eigenvalue weighted by Crippen LogP contribution is 2.27. The van der Waals surface area contributed by atoms with Crippen LogP contribution >= 0.6 is 11.8 Å². The Balaban J connectivity index is 2.31. The minimum Gasteiger partial charge on any atom is -0.397 e. The molecule has 0 radical (unpaired) electrons. The first-order valence-corrected chi connectivity index (χ1v) is 7.72. The van der Waals surface area contributed by atoms with Crippen LogP contribution in [0.5, 0.6) is 0 Å². The van der Waals surface area contributed by atoms with Crippen molar-refractivity contribution in [3.8, 4) is 0 Å². The van der Waals surface area contributed by atoms with Crippen molar-refractivity contribution in [2.45, 2.75) is 19.8 Å². The number of hydrogen-bond donors (Lipinski definition) is 3. The Bertz CT molecular complexity index is 532. The van der Waals surface area contributed by atoms with Gasteiger partial charge in [-0.1, -0.05) is 25.1 Å². The summed E-state index contributed by atoms with van der Waals surface area (Å²) in [7, 11) is 0. The summed E-state index contributed by atoms with van der Waals surface area (Å²) in [6.45, 7) is 3.01. The molecule has 3 nitrogen and oxygen atoms in total. The Kier molecular flexibility index (Phi) is 4.43. The highest BCUT2D eigenvalue weighted by atomic mass is 32.2. The van der Waals surface area contributed by atoms with Crippen molar-refractivity contribution in [1.29, 1.82) is 0 Å². The van der Waals surface area contributed by atoms with Crippen molar-refractivity contribution < 1.29 is 0 Å². The lowest BCUT2D eigenvalue weighted by atomic mass is 9.99. The fourth-order valence-corrected chi connectivity index (χ4v) is 2.94. The van der Waals surface area contributed by atoms with Gasteiger partial charge < -0.3 is 16.8 Å². The zero-order valence-electron chi connectivity index (χ0n) is 11.5. The number of rotatable bonds is 4. The molecular formula is C15H21N3S. The maximum absolute atomic E-state index is 5.99. The van der Waals surface area contributed by atoms with E-state index in [2.05, 4.69) is 36.7 Å². The normalized spacial score (nSPS) is 14.6. The molecule has 4 heteroatoms. The lowest BCUT2D eigenvalue weighted by Crippen LogP contribution is -2.17. The minimum absolute atomic E-state index is 0.688. The first-order chi connectivity index (χ1) is 9.15. The Morgan fingerprint density at radius 3 is 2.79 bits per heavy atom. The Morgan fingerprint density at radius 2 is 2.11 bits per heavy atom. The van der Waals surface area contributed by atoms with Crippen LogP contribution in [0.25, 0.3) is 0 Å². The highest BCUT2D eigenvalue weighted by molar-refractivity contribution is 8.02.